The smallest absolute Gasteiger partial charge is 0.254 e. The quantitative estimate of drug-likeness (QED) is 0.626. The first-order chi connectivity index (χ1) is 14.0. The van der Waals surface area contributed by atoms with Crippen LogP contribution in [0.5, 0.6) is 11.5 Å². The SMILES string of the molecule is CC[C@@H]1CN(C)CC[C@H]1NC(=O)c1cc(Oc2ccc(CCN)cc2)ccc1F.Cl.Cl. The number of nitrogens with zero attached hydrogens (tertiary/aromatic N) is 1. The van der Waals surface area contributed by atoms with Crippen molar-refractivity contribution >= 4 is 30.7 Å². The molecule has 1 fully saturated rings. The average molecular weight is 472 g/mol. The number of hydrogen-bond acceptors (Lipinski definition) is 4. The van der Waals surface area contributed by atoms with Crippen molar-refractivity contribution in [3.63, 3.8) is 0 Å². The fourth-order valence-electron chi connectivity index (χ4n) is 3.83. The second kappa shape index (κ2) is 12.9. The van der Waals surface area contributed by atoms with Gasteiger partial charge in [0.2, 0.25) is 0 Å². The van der Waals surface area contributed by atoms with E-state index in [9.17, 15) is 9.18 Å². The molecule has 0 saturated carbocycles. The van der Waals surface area contributed by atoms with Gasteiger partial charge < -0.3 is 20.7 Å². The average Bonchev–Trinajstić information content (AvgIpc) is 2.72. The van der Waals surface area contributed by atoms with Gasteiger partial charge in [-0.25, -0.2) is 4.39 Å². The van der Waals surface area contributed by atoms with E-state index in [0.29, 0.717) is 24.0 Å². The molecule has 0 unspecified atom stereocenters. The molecule has 5 nitrogen and oxygen atoms in total. The van der Waals surface area contributed by atoms with Gasteiger partial charge in [-0.05, 0) is 74.8 Å². The van der Waals surface area contributed by atoms with Crippen molar-refractivity contribution in [2.75, 3.05) is 26.7 Å². The van der Waals surface area contributed by atoms with E-state index in [1.807, 2.05) is 24.3 Å². The van der Waals surface area contributed by atoms with Crippen LogP contribution in [0.3, 0.4) is 0 Å². The number of rotatable bonds is 7. The lowest BCUT2D eigenvalue weighted by Gasteiger charge is -2.36. The third kappa shape index (κ3) is 7.35. The number of nitrogens with one attached hydrogen (secondary N) is 1. The molecule has 0 aromatic heterocycles. The number of ether oxygens (including phenoxy) is 1. The zero-order valence-electron chi connectivity index (χ0n) is 18.0. The minimum Gasteiger partial charge on any atom is -0.457 e. The lowest BCUT2D eigenvalue weighted by Crippen LogP contribution is -2.49. The van der Waals surface area contributed by atoms with Crippen LogP contribution in [0.4, 0.5) is 4.39 Å². The van der Waals surface area contributed by atoms with E-state index in [2.05, 4.69) is 24.2 Å². The van der Waals surface area contributed by atoms with Crippen LogP contribution in [-0.4, -0.2) is 43.5 Å². The molecule has 3 rings (SSSR count). The van der Waals surface area contributed by atoms with Gasteiger partial charge >= 0.3 is 0 Å². The third-order valence-electron chi connectivity index (χ3n) is 5.55. The van der Waals surface area contributed by atoms with Crippen molar-refractivity contribution < 1.29 is 13.9 Å². The van der Waals surface area contributed by atoms with Crippen LogP contribution < -0.4 is 15.8 Å². The van der Waals surface area contributed by atoms with E-state index in [4.69, 9.17) is 10.5 Å². The Morgan fingerprint density at radius 3 is 2.52 bits per heavy atom. The molecule has 31 heavy (non-hydrogen) atoms. The summed E-state index contributed by atoms with van der Waals surface area (Å²) in [5, 5.41) is 3.04. The van der Waals surface area contributed by atoms with Crippen molar-refractivity contribution in [2.45, 2.75) is 32.2 Å². The summed E-state index contributed by atoms with van der Waals surface area (Å²) >= 11 is 0. The molecule has 0 spiro atoms. The molecule has 0 bridgehead atoms. The molecular weight excluding hydrogens is 440 g/mol. The second-order valence-electron chi connectivity index (χ2n) is 7.73. The van der Waals surface area contributed by atoms with Crippen LogP contribution in [-0.2, 0) is 6.42 Å². The van der Waals surface area contributed by atoms with Gasteiger partial charge in [-0.1, -0.05) is 25.5 Å². The van der Waals surface area contributed by atoms with Gasteiger partial charge in [0.05, 0.1) is 5.56 Å². The molecule has 3 N–H and O–H groups in total. The summed E-state index contributed by atoms with van der Waals surface area (Å²) in [6.45, 7) is 4.57. The Balaban J connectivity index is 0.00000240. The van der Waals surface area contributed by atoms with Crippen LogP contribution in [0.15, 0.2) is 42.5 Å². The molecule has 0 radical (unpaired) electrons. The summed E-state index contributed by atoms with van der Waals surface area (Å²) in [6, 6.07) is 11.9. The van der Waals surface area contributed by atoms with E-state index < -0.39 is 5.82 Å². The summed E-state index contributed by atoms with van der Waals surface area (Å²) in [6.07, 6.45) is 2.64. The maximum absolute atomic E-state index is 14.4. The first-order valence-electron chi connectivity index (χ1n) is 10.3. The van der Waals surface area contributed by atoms with Crippen molar-refractivity contribution in [3.8, 4) is 11.5 Å². The van der Waals surface area contributed by atoms with Gasteiger partial charge in [0.15, 0.2) is 0 Å². The summed E-state index contributed by atoms with van der Waals surface area (Å²) < 4.78 is 20.2. The number of likely N-dealkylation sites (tertiary alicyclic amines) is 1. The Morgan fingerprint density at radius 2 is 1.87 bits per heavy atom. The Kier molecular flexibility index (Phi) is 11.3. The zero-order chi connectivity index (χ0) is 20.8. The Labute approximate surface area is 196 Å². The summed E-state index contributed by atoms with van der Waals surface area (Å²) in [4.78, 5) is 15.0. The maximum atomic E-state index is 14.4. The molecule has 1 aliphatic heterocycles. The van der Waals surface area contributed by atoms with Crippen molar-refractivity contribution in [1.82, 2.24) is 10.2 Å². The molecular formula is C23H32Cl2FN3O2. The maximum Gasteiger partial charge on any atom is 0.254 e. The van der Waals surface area contributed by atoms with Crippen LogP contribution in [0.2, 0.25) is 0 Å². The van der Waals surface area contributed by atoms with Crippen LogP contribution in [0.25, 0.3) is 0 Å². The molecule has 1 heterocycles. The summed E-state index contributed by atoms with van der Waals surface area (Å²) in [7, 11) is 2.09. The third-order valence-corrected chi connectivity index (χ3v) is 5.55. The van der Waals surface area contributed by atoms with Crippen LogP contribution in [0, 0.1) is 11.7 Å². The van der Waals surface area contributed by atoms with E-state index in [1.165, 1.54) is 18.2 Å². The molecule has 1 amide bonds. The Bertz CT molecular complexity index is 836. The number of benzene rings is 2. The molecule has 2 atom stereocenters. The van der Waals surface area contributed by atoms with Gasteiger partial charge in [0.1, 0.15) is 17.3 Å². The normalized spacial score (nSPS) is 18.5. The standard InChI is InChI=1S/C23H30FN3O2.2ClH/c1-3-17-15-27(2)13-11-22(17)26-23(28)20-14-19(8-9-21(20)24)29-18-6-4-16(5-7-18)10-12-25;;/h4-9,14,17,22H,3,10-13,15,25H2,1-2H3,(H,26,28);2*1H/t17-,22-;;/m1../s1. The molecule has 1 saturated heterocycles. The lowest BCUT2D eigenvalue weighted by molar-refractivity contribution is 0.0867. The molecule has 2 aromatic carbocycles. The number of carbonyl (C=O) groups is 1. The van der Waals surface area contributed by atoms with E-state index in [0.717, 1.165) is 37.9 Å². The monoisotopic (exact) mass is 471 g/mol. The number of amides is 1. The molecule has 172 valence electrons. The van der Waals surface area contributed by atoms with Gasteiger partial charge in [-0.2, -0.15) is 0 Å². The number of carbonyl (C=O) groups excluding carboxylic acids is 1. The predicted octanol–water partition coefficient (Wildman–Crippen LogP) is 4.42. The zero-order valence-corrected chi connectivity index (χ0v) is 19.6. The second-order valence-corrected chi connectivity index (χ2v) is 7.73. The first-order valence-corrected chi connectivity index (χ1v) is 10.3. The minimum absolute atomic E-state index is 0. The Hall–Kier alpha value is -1.86. The number of nitrogens with two attached hydrogens (primary N) is 1. The first kappa shape index (κ1) is 27.2. The van der Waals surface area contributed by atoms with Crippen LogP contribution >= 0.6 is 24.8 Å². The highest BCUT2D eigenvalue weighted by molar-refractivity contribution is 5.95. The highest BCUT2D eigenvalue weighted by atomic mass is 35.5. The fourth-order valence-corrected chi connectivity index (χ4v) is 3.83. The molecule has 2 aromatic rings. The van der Waals surface area contributed by atoms with Gasteiger partial charge in [-0.15, -0.1) is 24.8 Å². The molecule has 1 aliphatic rings. The van der Waals surface area contributed by atoms with E-state index in [-0.39, 0.29) is 42.3 Å². The van der Waals surface area contributed by atoms with Gasteiger partial charge in [0.25, 0.3) is 5.91 Å². The van der Waals surface area contributed by atoms with E-state index in [1.54, 1.807) is 0 Å². The van der Waals surface area contributed by atoms with Gasteiger partial charge in [-0.3, -0.25) is 4.79 Å². The minimum atomic E-state index is -0.547. The van der Waals surface area contributed by atoms with Crippen molar-refractivity contribution in [3.05, 3.63) is 59.4 Å². The van der Waals surface area contributed by atoms with Crippen molar-refractivity contribution in [2.24, 2.45) is 11.7 Å². The topological polar surface area (TPSA) is 67.6 Å². The summed E-state index contributed by atoms with van der Waals surface area (Å²) in [5.74, 6) is 0.490. The lowest BCUT2D eigenvalue weighted by atomic mass is 9.90. The highest BCUT2D eigenvalue weighted by Crippen LogP contribution is 2.25. The van der Waals surface area contributed by atoms with E-state index >= 15 is 0 Å². The molecule has 0 aliphatic carbocycles. The van der Waals surface area contributed by atoms with Crippen LogP contribution in [0.1, 0.15) is 35.7 Å². The summed E-state index contributed by atoms with van der Waals surface area (Å²) in [5.41, 5.74) is 6.70. The number of hydrogen-bond donors (Lipinski definition) is 2. The number of halogens is 3. The highest BCUT2D eigenvalue weighted by Gasteiger charge is 2.28. The largest absolute Gasteiger partial charge is 0.457 e. The Morgan fingerprint density at radius 1 is 1.19 bits per heavy atom. The molecule has 8 heteroatoms. The fraction of sp³-hybridized carbons (Fsp3) is 0.435. The van der Waals surface area contributed by atoms with Gasteiger partial charge in [0, 0.05) is 12.6 Å². The van der Waals surface area contributed by atoms with Crippen molar-refractivity contribution in [1.29, 1.82) is 0 Å². The number of piperidine rings is 1. The predicted molar refractivity (Wildman–Crippen MR) is 127 cm³/mol.